The summed E-state index contributed by atoms with van der Waals surface area (Å²) in [5.41, 5.74) is 1.46. The second-order valence-corrected chi connectivity index (χ2v) is 4.00. The van der Waals surface area contributed by atoms with Crippen molar-refractivity contribution < 1.29 is 9.90 Å². The molecule has 0 aromatic heterocycles. The van der Waals surface area contributed by atoms with Gasteiger partial charge in [0.25, 0.3) is 0 Å². The van der Waals surface area contributed by atoms with Crippen LogP contribution in [0.25, 0.3) is 6.08 Å². The molecular formula is C13H13BrO2. The standard InChI is InChI=1S/C13H13BrO2/c14-10-9-12(13(15)16)8-4-7-11-5-2-1-3-6-11/h1-8H,9-10H2,(H,15,16). The van der Waals surface area contributed by atoms with Crippen LogP contribution in [0.1, 0.15) is 12.0 Å². The lowest BCUT2D eigenvalue weighted by atomic mass is 10.1. The third-order valence-electron chi connectivity index (χ3n) is 2.02. The molecule has 0 bridgehead atoms. The van der Waals surface area contributed by atoms with Crippen LogP contribution in [0.4, 0.5) is 0 Å². The predicted octanol–water partition coefficient (Wildman–Crippen LogP) is 3.50. The summed E-state index contributed by atoms with van der Waals surface area (Å²) in [6.45, 7) is 0. The van der Waals surface area contributed by atoms with E-state index in [2.05, 4.69) is 15.9 Å². The van der Waals surface area contributed by atoms with Crippen molar-refractivity contribution in [3.63, 3.8) is 0 Å². The first-order valence-electron chi connectivity index (χ1n) is 4.95. The van der Waals surface area contributed by atoms with E-state index in [0.717, 1.165) is 5.56 Å². The molecule has 0 saturated heterocycles. The van der Waals surface area contributed by atoms with Crippen molar-refractivity contribution in [3.05, 3.63) is 53.6 Å². The maximum Gasteiger partial charge on any atom is 0.331 e. The summed E-state index contributed by atoms with van der Waals surface area (Å²) in [4.78, 5) is 10.8. The molecule has 2 nitrogen and oxygen atoms in total. The molecule has 0 unspecified atom stereocenters. The first-order chi connectivity index (χ1) is 7.74. The summed E-state index contributed by atoms with van der Waals surface area (Å²) in [7, 11) is 0. The van der Waals surface area contributed by atoms with Crippen LogP contribution in [0.15, 0.2) is 48.1 Å². The number of rotatable bonds is 5. The van der Waals surface area contributed by atoms with E-state index in [0.29, 0.717) is 17.3 Å². The van der Waals surface area contributed by atoms with Gasteiger partial charge in [0.2, 0.25) is 0 Å². The van der Waals surface area contributed by atoms with Crippen molar-refractivity contribution in [2.75, 3.05) is 5.33 Å². The number of aliphatic carboxylic acids is 1. The predicted molar refractivity (Wildman–Crippen MR) is 69.6 cm³/mol. The number of hydrogen-bond acceptors (Lipinski definition) is 1. The molecular weight excluding hydrogens is 268 g/mol. The Hall–Kier alpha value is -1.35. The molecule has 1 aromatic rings. The Bertz CT molecular complexity index is 394. The van der Waals surface area contributed by atoms with Gasteiger partial charge >= 0.3 is 5.97 Å². The highest BCUT2D eigenvalue weighted by molar-refractivity contribution is 9.09. The smallest absolute Gasteiger partial charge is 0.331 e. The Morgan fingerprint density at radius 1 is 1.31 bits per heavy atom. The number of carbonyl (C=O) groups is 1. The average Bonchev–Trinajstić information content (AvgIpc) is 2.29. The largest absolute Gasteiger partial charge is 0.478 e. The highest BCUT2D eigenvalue weighted by atomic mass is 79.9. The molecule has 1 rings (SSSR count). The molecule has 84 valence electrons. The van der Waals surface area contributed by atoms with E-state index in [-0.39, 0.29) is 0 Å². The van der Waals surface area contributed by atoms with Crippen molar-refractivity contribution in [1.29, 1.82) is 0 Å². The van der Waals surface area contributed by atoms with Crippen LogP contribution in [-0.4, -0.2) is 16.4 Å². The summed E-state index contributed by atoms with van der Waals surface area (Å²) in [5, 5.41) is 9.54. The number of carboxylic acid groups (broad SMARTS) is 1. The van der Waals surface area contributed by atoms with E-state index >= 15 is 0 Å². The van der Waals surface area contributed by atoms with Crippen LogP contribution in [0.5, 0.6) is 0 Å². The third-order valence-corrected chi connectivity index (χ3v) is 2.42. The highest BCUT2D eigenvalue weighted by Gasteiger charge is 2.03. The van der Waals surface area contributed by atoms with Crippen molar-refractivity contribution in [1.82, 2.24) is 0 Å². The molecule has 16 heavy (non-hydrogen) atoms. The number of hydrogen-bond donors (Lipinski definition) is 1. The summed E-state index contributed by atoms with van der Waals surface area (Å²) < 4.78 is 0. The van der Waals surface area contributed by atoms with Gasteiger partial charge in [0.15, 0.2) is 0 Å². The zero-order valence-electron chi connectivity index (χ0n) is 8.77. The molecule has 0 aliphatic rings. The monoisotopic (exact) mass is 280 g/mol. The van der Waals surface area contributed by atoms with E-state index in [1.165, 1.54) is 0 Å². The Morgan fingerprint density at radius 2 is 2.00 bits per heavy atom. The van der Waals surface area contributed by atoms with Gasteiger partial charge in [-0.2, -0.15) is 0 Å². The van der Waals surface area contributed by atoms with Crippen LogP contribution in [0, 0.1) is 0 Å². The minimum Gasteiger partial charge on any atom is -0.478 e. The second-order valence-electron chi connectivity index (χ2n) is 3.21. The first-order valence-corrected chi connectivity index (χ1v) is 6.07. The molecule has 0 aliphatic heterocycles. The molecule has 0 radical (unpaired) electrons. The molecule has 0 saturated carbocycles. The van der Waals surface area contributed by atoms with E-state index in [4.69, 9.17) is 5.11 Å². The van der Waals surface area contributed by atoms with Gasteiger partial charge in [0, 0.05) is 10.9 Å². The Morgan fingerprint density at radius 3 is 2.56 bits per heavy atom. The van der Waals surface area contributed by atoms with E-state index < -0.39 is 5.97 Å². The normalized spacial score (nSPS) is 11.9. The zero-order chi connectivity index (χ0) is 11.8. The minimum atomic E-state index is -0.864. The van der Waals surface area contributed by atoms with Crippen LogP contribution in [-0.2, 0) is 4.79 Å². The van der Waals surface area contributed by atoms with Crippen LogP contribution >= 0.6 is 15.9 Å². The fraction of sp³-hybridized carbons (Fsp3) is 0.154. The zero-order valence-corrected chi connectivity index (χ0v) is 10.4. The molecule has 3 heteroatoms. The number of benzene rings is 1. The van der Waals surface area contributed by atoms with Crippen LogP contribution in [0.3, 0.4) is 0 Å². The Balaban J connectivity index is 2.70. The van der Waals surface area contributed by atoms with Crippen LogP contribution in [0.2, 0.25) is 0 Å². The lowest BCUT2D eigenvalue weighted by molar-refractivity contribution is -0.132. The van der Waals surface area contributed by atoms with Gasteiger partial charge in [0.1, 0.15) is 0 Å². The Kier molecular flexibility index (Phi) is 5.57. The summed E-state index contributed by atoms with van der Waals surface area (Å²) >= 11 is 3.23. The Labute approximate surface area is 103 Å². The van der Waals surface area contributed by atoms with Gasteiger partial charge in [-0.25, -0.2) is 4.79 Å². The maximum absolute atomic E-state index is 10.8. The number of carboxylic acids is 1. The summed E-state index contributed by atoms with van der Waals surface area (Å²) in [6, 6.07) is 9.77. The van der Waals surface area contributed by atoms with E-state index in [1.54, 1.807) is 12.2 Å². The maximum atomic E-state index is 10.8. The number of alkyl halides is 1. The fourth-order valence-corrected chi connectivity index (χ4v) is 1.63. The molecule has 1 aromatic carbocycles. The van der Waals surface area contributed by atoms with Gasteiger partial charge in [-0.1, -0.05) is 64.5 Å². The van der Waals surface area contributed by atoms with E-state index in [9.17, 15) is 4.79 Å². The fourth-order valence-electron chi connectivity index (χ4n) is 1.20. The second kappa shape index (κ2) is 7.01. The quantitative estimate of drug-likeness (QED) is 0.509. The highest BCUT2D eigenvalue weighted by Crippen LogP contribution is 2.06. The third kappa shape index (κ3) is 4.45. The molecule has 0 fully saturated rings. The van der Waals surface area contributed by atoms with Crippen LogP contribution < -0.4 is 0 Å². The molecule has 0 spiro atoms. The SMILES string of the molecule is O=C(O)C(=CC=Cc1ccccc1)CCBr. The van der Waals surface area contributed by atoms with Gasteiger partial charge < -0.3 is 5.11 Å². The van der Waals surface area contributed by atoms with Crippen molar-refractivity contribution in [2.45, 2.75) is 6.42 Å². The minimum absolute atomic E-state index is 0.407. The van der Waals surface area contributed by atoms with Crippen molar-refractivity contribution >= 4 is 28.0 Å². The first kappa shape index (κ1) is 12.7. The molecule has 0 atom stereocenters. The molecule has 0 heterocycles. The lowest BCUT2D eigenvalue weighted by Crippen LogP contribution is -2.00. The summed E-state index contributed by atoms with van der Waals surface area (Å²) in [5.74, 6) is -0.864. The van der Waals surface area contributed by atoms with Gasteiger partial charge in [0.05, 0.1) is 0 Å². The van der Waals surface area contributed by atoms with Gasteiger partial charge in [-0.3, -0.25) is 0 Å². The van der Waals surface area contributed by atoms with Crippen molar-refractivity contribution in [2.24, 2.45) is 0 Å². The molecule has 0 aliphatic carbocycles. The summed E-state index contributed by atoms with van der Waals surface area (Å²) in [6.07, 6.45) is 5.81. The average molecular weight is 281 g/mol. The van der Waals surface area contributed by atoms with E-state index in [1.807, 2.05) is 36.4 Å². The lowest BCUT2D eigenvalue weighted by Gasteiger charge is -1.96. The molecule has 1 N–H and O–H groups in total. The van der Waals surface area contributed by atoms with Gasteiger partial charge in [-0.15, -0.1) is 0 Å². The number of halogens is 1. The van der Waals surface area contributed by atoms with Crippen molar-refractivity contribution in [3.8, 4) is 0 Å². The molecule has 0 amide bonds. The topological polar surface area (TPSA) is 37.3 Å². The number of allylic oxidation sites excluding steroid dienone is 2. The van der Waals surface area contributed by atoms with Gasteiger partial charge in [-0.05, 0) is 12.0 Å².